The Morgan fingerprint density at radius 2 is 1.91 bits per heavy atom. The van der Waals surface area contributed by atoms with Crippen molar-refractivity contribution in [2.75, 3.05) is 7.11 Å². The van der Waals surface area contributed by atoms with Gasteiger partial charge < -0.3 is 14.3 Å². The van der Waals surface area contributed by atoms with E-state index >= 15 is 0 Å². The molecular weight excluding hydrogens is 280 g/mol. The van der Waals surface area contributed by atoms with Crippen LogP contribution in [0.1, 0.15) is 23.0 Å². The van der Waals surface area contributed by atoms with Crippen LogP contribution in [0.15, 0.2) is 46.9 Å². The van der Waals surface area contributed by atoms with Gasteiger partial charge in [0.15, 0.2) is 11.3 Å². The Labute approximate surface area is 127 Å². The molecule has 3 aromatic rings. The van der Waals surface area contributed by atoms with Crippen LogP contribution in [-0.2, 0) is 6.42 Å². The van der Waals surface area contributed by atoms with Gasteiger partial charge in [0.05, 0.1) is 12.7 Å². The molecule has 0 atom stereocenters. The maximum absolute atomic E-state index is 11.0. The molecule has 1 aromatic heterocycles. The van der Waals surface area contributed by atoms with E-state index in [4.69, 9.17) is 14.3 Å². The lowest BCUT2D eigenvalue weighted by atomic mass is 10.00. The molecule has 0 aliphatic carbocycles. The van der Waals surface area contributed by atoms with Gasteiger partial charge >= 0.3 is 5.97 Å². The Hall–Kier alpha value is -2.75. The summed E-state index contributed by atoms with van der Waals surface area (Å²) in [6, 6.07) is 12.7. The average molecular weight is 296 g/mol. The number of benzene rings is 2. The van der Waals surface area contributed by atoms with Gasteiger partial charge in [-0.05, 0) is 41.5 Å². The average Bonchev–Trinajstić information content (AvgIpc) is 2.98. The minimum Gasteiger partial charge on any atom is -0.493 e. The van der Waals surface area contributed by atoms with Gasteiger partial charge in [-0.3, -0.25) is 0 Å². The van der Waals surface area contributed by atoms with E-state index in [9.17, 15) is 4.79 Å². The van der Waals surface area contributed by atoms with E-state index in [-0.39, 0.29) is 5.56 Å². The zero-order valence-corrected chi connectivity index (χ0v) is 12.4. The van der Waals surface area contributed by atoms with Gasteiger partial charge in [0, 0.05) is 11.8 Å². The molecule has 0 bridgehead atoms. The number of aryl methyl sites for hydroxylation is 1. The van der Waals surface area contributed by atoms with E-state index in [0.717, 1.165) is 34.3 Å². The molecular formula is C18H16O4. The Morgan fingerprint density at radius 3 is 2.50 bits per heavy atom. The molecule has 22 heavy (non-hydrogen) atoms. The Kier molecular flexibility index (Phi) is 3.59. The fraction of sp³-hybridized carbons (Fsp3) is 0.167. The molecule has 0 saturated carbocycles. The highest BCUT2D eigenvalue weighted by Gasteiger charge is 2.14. The van der Waals surface area contributed by atoms with Crippen LogP contribution < -0.4 is 4.74 Å². The molecule has 112 valence electrons. The first-order valence-electron chi connectivity index (χ1n) is 7.07. The van der Waals surface area contributed by atoms with Crippen LogP contribution in [0.4, 0.5) is 0 Å². The van der Waals surface area contributed by atoms with Crippen LogP contribution in [0, 0.1) is 0 Å². The normalized spacial score (nSPS) is 10.8. The number of carbonyl (C=O) groups is 1. The monoisotopic (exact) mass is 296 g/mol. The molecule has 0 aliphatic heterocycles. The van der Waals surface area contributed by atoms with Crippen molar-refractivity contribution in [2.45, 2.75) is 13.3 Å². The van der Waals surface area contributed by atoms with Crippen molar-refractivity contribution >= 4 is 16.9 Å². The molecule has 2 aromatic carbocycles. The van der Waals surface area contributed by atoms with Crippen LogP contribution in [-0.4, -0.2) is 18.2 Å². The van der Waals surface area contributed by atoms with E-state index in [2.05, 4.69) is 0 Å². The minimum absolute atomic E-state index is 0.273. The third-order valence-corrected chi connectivity index (χ3v) is 3.71. The quantitative estimate of drug-likeness (QED) is 0.776. The van der Waals surface area contributed by atoms with E-state index < -0.39 is 5.97 Å². The predicted molar refractivity (Wildman–Crippen MR) is 84.5 cm³/mol. The fourth-order valence-electron chi connectivity index (χ4n) is 2.53. The van der Waals surface area contributed by atoms with Crippen molar-refractivity contribution < 1.29 is 19.1 Å². The van der Waals surface area contributed by atoms with Gasteiger partial charge in [-0.25, -0.2) is 4.79 Å². The molecule has 3 rings (SSSR count). The molecule has 0 unspecified atom stereocenters. The second kappa shape index (κ2) is 5.56. The smallest absolute Gasteiger partial charge is 0.335 e. The number of furan rings is 1. The summed E-state index contributed by atoms with van der Waals surface area (Å²) in [4.78, 5) is 11.0. The maximum atomic E-state index is 11.0. The summed E-state index contributed by atoms with van der Waals surface area (Å²) in [5.74, 6) is 0.659. The molecule has 0 saturated heterocycles. The van der Waals surface area contributed by atoms with Crippen molar-refractivity contribution in [2.24, 2.45) is 0 Å². The standard InChI is InChI=1S/C18H16O4/c1-3-13-10-15-14(8-9-16(21-2)17(15)22-13)11-4-6-12(7-5-11)18(19)20/h4-10H,3H2,1-2H3,(H,19,20). The maximum Gasteiger partial charge on any atom is 0.335 e. The third-order valence-electron chi connectivity index (χ3n) is 3.71. The van der Waals surface area contributed by atoms with Crippen LogP contribution in [0.3, 0.4) is 0 Å². The number of aromatic carboxylic acids is 1. The van der Waals surface area contributed by atoms with Gasteiger partial charge in [-0.15, -0.1) is 0 Å². The summed E-state index contributed by atoms with van der Waals surface area (Å²) >= 11 is 0. The molecule has 4 heteroatoms. The first kappa shape index (κ1) is 14.2. The number of rotatable bonds is 4. The van der Waals surface area contributed by atoms with Crippen molar-refractivity contribution in [3.63, 3.8) is 0 Å². The first-order chi connectivity index (χ1) is 10.6. The summed E-state index contributed by atoms with van der Waals surface area (Å²) in [5, 5.41) is 9.96. The molecule has 1 N–H and O–H groups in total. The Morgan fingerprint density at radius 1 is 1.18 bits per heavy atom. The molecule has 0 fully saturated rings. The van der Waals surface area contributed by atoms with Gasteiger partial charge in [-0.1, -0.05) is 19.1 Å². The highest BCUT2D eigenvalue weighted by atomic mass is 16.5. The van der Waals surface area contributed by atoms with Crippen molar-refractivity contribution in [1.82, 2.24) is 0 Å². The van der Waals surface area contributed by atoms with Crippen LogP contribution >= 0.6 is 0 Å². The highest BCUT2D eigenvalue weighted by Crippen LogP contribution is 2.36. The summed E-state index contributed by atoms with van der Waals surface area (Å²) < 4.78 is 11.2. The number of methoxy groups -OCH3 is 1. The first-order valence-corrected chi connectivity index (χ1v) is 7.07. The number of ether oxygens (including phenoxy) is 1. The van der Waals surface area contributed by atoms with Crippen LogP contribution in [0.5, 0.6) is 5.75 Å². The van der Waals surface area contributed by atoms with Crippen molar-refractivity contribution in [3.05, 3.63) is 53.8 Å². The lowest BCUT2D eigenvalue weighted by Crippen LogP contribution is -1.95. The Balaban J connectivity index is 2.18. The fourth-order valence-corrected chi connectivity index (χ4v) is 2.53. The molecule has 0 aliphatic rings. The second-order valence-electron chi connectivity index (χ2n) is 5.01. The zero-order chi connectivity index (χ0) is 15.7. The number of hydrogen-bond acceptors (Lipinski definition) is 3. The minimum atomic E-state index is -0.928. The number of carboxylic acids is 1. The largest absolute Gasteiger partial charge is 0.493 e. The molecule has 4 nitrogen and oxygen atoms in total. The SMILES string of the molecule is CCc1cc2c(-c3ccc(C(=O)O)cc3)ccc(OC)c2o1. The van der Waals surface area contributed by atoms with Crippen molar-refractivity contribution in [3.8, 4) is 16.9 Å². The molecule has 0 amide bonds. The topological polar surface area (TPSA) is 59.7 Å². The molecule has 1 heterocycles. The van der Waals surface area contributed by atoms with Crippen molar-refractivity contribution in [1.29, 1.82) is 0 Å². The van der Waals surface area contributed by atoms with Crippen LogP contribution in [0.2, 0.25) is 0 Å². The zero-order valence-electron chi connectivity index (χ0n) is 12.4. The summed E-state index contributed by atoms with van der Waals surface area (Å²) in [7, 11) is 1.62. The molecule has 0 radical (unpaired) electrons. The lowest BCUT2D eigenvalue weighted by Gasteiger charge is -2.06. The predicted octanol–water partition coefficient (Wildman–Crippen LogP) is 4.37. The number of hydrogen-bond donors (Lipinski definition) is 1. The summed E-state index contributed by atoms with van der Waals surface area (Å²) in [5.41, 5.74) is 2.94. The lowest BCUT2D eigenvalue weighted by molar-refractivity contribution is 0.0697. The highest BCUT2D eigenvalue weighted by molar-refractivity contribution is 5.98. The van der Waals surface area contributed by atoms with E-state index in [1.807, 2.05) is 37.3 Å². The van der Waals surface area contributed by atoms with E-state index in [1.54, 1.807) is 19.2 Å². The Bertz CT molecular complexity index is 828. The van der Waals surface area contributed by atoms with E-state index in [0.29, 0.717) is 5.75 Å². The second-order valence-corrected chi connectivity index (χ2v) is 5.01. The van der Waals surface area contributed by atoms with Gasteiger partial charge in [0.1, 0.15) is 5.76 Å². The number of carboxylic acid groups (broad SMARTS) is 1. The summed E-state index contributed by atoms with van der Waals surface area (Å²) in [6.45, 7) is 2.03. The van der Waals surface area contributed by atoms with E-state index in [1.165, 1.54) is 0 Å². The van der Waals surface area contributed by atoms with Crippen LogP contribution in [0.25, 0.3) is 22.1 Å². The van der Waals surface area contributed by atoms with Gasteiger partial charge in [0.25, 0.3) is 0 Å². The van der Waals surface area contributed by atoms with Gasteiger partial charge in [-0.2, -0.15) is 0 Å². The third kappa shape index (κ3) is 2.33. The molecule has 0 spiro atoms. The summed E-state index contributed by atoms with van der Waals surface area (Å²) in [6.07, 6.45) is 0.801. The van der Waals surface area contributed by atoms with Gasteiger partial charge in [0.2, 0.25) is 0 Å². The number of fused-ring (bicyclic) bond motifs is 1.